The first-order valence-electron chi connectivity index (χ1n) is 8.94. The van der Waals surface area contributed by atoms with E-state index in [2.05, 4.69) is 36.0 Å². The van der Waals surface area contributed by atoms with Crippen LogP contribution >= 0.6 is 0 Å². The summed E-state index contributed by atoms with van der Waals surface area (Å²) in [7, 11) is 0. The molecule has 1 fully saturated rings. The third-order valence-electron chi connectivity index (χ3n) is 5.03. The van der Waals surface area contributed by atoms with Gasteiger partial charge in [-0.2, -0.15) is 0 Å². The molecule has 0 bridgehead atoms. The van der Waals surface area contributed by atoms with Gasteiger partial charge in [-0.15, -0.1) is 0 Å². The van der Waals surface area contributed by atoms with Gasteiger partial charge in [0.05, 0.1) is 0 Å². The van der Waals surface area contributed by atoms with Crippen LogP contribution in [-0.4, -0.2) is 13.3 Å². The van der Waals surface area contributed by atoms with Gasteiger partial charge >= 0.3 is 0 Å². The van der Waals surface area contributed by atoms with Crippen LogP contribution in [0.15, 0.2) is 47.5 Å². The predicted octanol–water partition coefficient (Wildman–Crippen LogP) is 4.40. The molecule has 0 spiro atoms. The monoisotopic (exact) mass is 337 g/mol. The fourth-order valence-corrected chi connectivity index (χ4v) is 3.69. The first-order chi connectivity index (χ1) is 12.1. The van der Waals surface area contributed by atoms with Gasteiger partial charge in [-0.3, -0.25) is 0 Å². The van der Waals surface area contributed by atoms with Crippen molar-refractivity contribution in [1.82, 2.24) is 0 Å². The molecular formula is C21H27N3O. The molecule has 2 aromatic carbocycles. The van der Waals surface area contributed by atoms with Crippen LogP contribution in [0.2, 0.25) is 0 Å². The van der Waals surface area contributed by atoms with Crippen molar-refractivity contribution in [2.75, 3.05) is 18.0 Å². The van der Waals surface area contributed by atoms with Gasteiger partial charge in [-0.25, -0.2) is 0 Å². The maximum absolute atomic E-state index is 5.86. The predicted molar refractivity (Wildman–Crippen MR) is 105 cm³/mol. The van der Waals surface area contributed by atoms with E-state index < -0.39 is 0 Å². The van der Waals surface area contributed by atoms with E-state index in [-0.39, 0.29) is 0 Å². The van der Waals surface area contributed by atoms with Crippen molar-refractivity contribution in [3.8, 4) is 5.75 Å². The number of aliphatic imine (C=N–C) groups is 1. The third-order valence-corrected chi connectivity index (χ3v) is 5.03. The van der Waals surface area contributed by atoms with E-state index in [1.54, 1.807) is 6.07 Å². The van der Waals surface area contributed by atoms with Crippen molar-refractivity contribution in [2.45, 2.75) is 38.2 Å². The van der Waals surface area contributed by atoms with Crippen molar-refractivity contribution in [3.63, 3.8) is 0 Å². The zero-order valence-electron chi connectivity index (χ0n) is 14.7. The molecule has 0 heterocycles. The Morgan fingerprint density at radius 2 is 1.60 bits per heavy atom. The lowest BCUT2D eigenvalue weighted by Gasteiger charge is -2.27. The summed E-state index contributed by atoms with van der Waals surface area (Å²) in [6, 6.07) is 14.0. The molecule has 0 aliphatic heterocycles. The number of anilines is 2. The van der Waals surface area contributed by atoms with Crippen molar-refractivity contribution in [3.05, 3.63) is 53.6 Å². The molecule has 3 rings (SSSR count). The van der Waals surface area contributed by atoms with Crippen molar-refractivity contribution < 1.29 is 4.74 Å². The highest BCUT2D eigenvalue weighted by Gasteiger charge is 2.21. The lowest BCUT2D eigenvalue weighted by Crippen LogP contribution is -2.15. The molecule has 4 nitrogen and oxygen atoms in total. The summed E-state index contributed by atoms with van der Waals surface area (Å²) >= 11 is 0. The molecule has 4 heteroatoms. The van der Waals surface area contributed by atoms with Crippen LogP contribution in [-0.2, 0) is 6.61 Å². The Morgan fingerprint density at radius 1 is 0.960 bits per heavy atom. The van der Waals surface area contributed by atoms with E-state index in [0.717, 1.165) is 23.8 Å². The highest BCUT2D eigenvalue weighted by atomic mass is 16.5. The Balaban J connectivity index is 1.54. The smallest absolute Gasteiger partial charge is 0.119 e. The van der Waals surface area contributed by atoms with Crippen LogP contribution in [0.5, 0.6) is 5.75 Å². The van der Waals surface area contributed by atoms with Crippen LogP contribution in [0.25, 0.3) is 0 Å². The molecule has 25 heavy (non-hydrogen) atoms. The quantitative estimate of drug-likeness (QED) is 0.606. The minimum Gasteiger partial charge on any atom is -0.489 e. The summed E-state index contributed by atoms with van der Waals surface area (Å²) in [4.78, 5) is 4.04. The SMILES string of the molecule is C=NCC1CCC(c2ccc(OCc3cc(N)cc(N)c3)cc2)CC1. The number of nitrogen functional groups attached to an aromatic ring is 2. The topological polar surface area (TPSA) is 73.6 Å². The number of benzene rings is 2. The summed E-state index contributed by atoms with van der Waals surface area (Å²) < 4.78 is 5.86. The standard InChI is InChI=1S/C21H27N3O/c1-24-13-15-2-4-17(5-3-15)18-6-8-21(9-7-18)25-14-16-10-19(22)12-20(23)11-16/h6-12,15,17H,1-5,13-14,22-23H2. The van der Waals surface area contributed by atoms with Crippen molar-refractivity contribution in [2.24, 2.45) is 10.9 Å². The molecule has 1 aliphatic rings. The van der Waals surface area contributed by atoms with Crippen LogP contribution < -0.4 is 16.2 Å². The molecule has 4 N–H and O–H groups in total. The average molecular weight is 337 g/mol. The molecule has 0 radical (unpaired) electrons. The first-order valence-corrected chi connectivity index (χ1v) is 8.94. The largest absolute Gasteiger partial charge is 0.489 e. The second-order valence-electron chi connectivity index (χ2n) is 6.99. The number of hydrogen-bond acceptors (Lipinski definition) is 4. The van der Waals surface area contributed by atoms with Crippen LogP contribution in [0.4, 0.5) is 11.4 Å². The second kappa shape index (κ2) is 8.06. The lowest BCUT2D eigenvalue weighted by atomic mass is 9.79. The Bertz CT molecular complexity index is 683. The Kier molecular flexibility index (Phi) is 5.59. The molecule has 0 aromatic heterocycles. The Labute approximate surface area is 149 Å². The number of nitrogens with two attached hydrogens (primary N) is 2. The van der Waals surface area contributed by atoms with E-state index in [4.69, 9.17) is 16.2 Å². The highest BCUT2D eigenvalue weighted by Crippen LogP contribution is 2.36. The number of ether oxygens (including phenoxy) is 1. The maximum atomic E-state index is 5.86. The first kappa shape index (κ1) is 17.3. The fourth-order valence-electron chi connectivity index (χ4n) is 3.69. The minimum absolute atomic E-state index is 0.467. The fraction of sp³-hybridized carbons (Fsp3) is 0.381. The Hall–Kier alpha value is -2.49. The van der Waals surface area contributed by atoms with E-state index in [9.17, 15) is 0 Å². The number of hydrogen-bond donors (Lipinski definition) is 2. The van der Waals surface area contributed by atoms with Crippen molar-refractivity contribution in [1.29, 1.82) is 0 Å². The molecule has 1 saturated carbocycles. The second-order valence-corrected chi connectivity index (χ2v) is 6.99. The lowest BCUT2D eigenvalue weighted by molar-refractivity contribution is 0.305. The summed E-state index contributed by atoms with van der Waals surface area (Å²) in [5, 5.41) is 0. The normalized spacial score (nSPS) is 20.2. The zero-order valence-corrected chi connectivity index (χ0v) is 14.7. The summed E-state index contributed by atoms with van der Waals surface area (Å²) in [6.45, 7) is 4.99. The molecule has 0 amide bonds. The van der Waals surface area contributed by atoms with Crippen LogP contribution in [0.3, 0.4) is 0 Å². The van der Waals surface area contributed by atoms with Gasteiger partial charge in [-0.05, 0) is 85.7 Å². The zero-order chi connectivity index (χ0) is 17.6. The minimum atomic E-state index is 0.467. The summed E-state index contributed by atoms with van der Waals surface area (Å²) in [6.07, 6.45) is 4.98. The van der Waals surface area contributed by atoms with Gasteiger partial charge < -0.3 is 21.2 Å². The van der Waals surface area contributed by atoms with E-state index in [0.29, 0.717) is 23.9 Å². The number of rotatable bonds is 6. The maximum Gasteiger partial charge on any atom is 0.119 e. The molecule has 0 atom stereocenters. The van der Waals surface area contributed by atoms with Gasteiger partial charge in [0.1, 0.15) is 12.4 Å². The Morgan fingerprint density at radius 3 is 2.20 bits per heavy atom. The van der Waals surface area contributed by atoms with Gasteiger partial charge in [0, 0.05) is 17.9 Å². The van der Waals surface area contributed by atoms with Gasteiger partial charge in [0.25, 0.3) is 0 Å². The summed E-state index contributed by atoms with van der Waals surface area (Å²) in [5.41, 5.74) is 15.3. The molecular weight excluding hydrogens is 310 g/mol. The van der Waals surface area contributed by atoms with Gasteiger partial charge in [0.15, 0.2) is 0 Å². The molecule has 1 aliphatic carbocycles. The van der Waals surface area contributed by atoms with Crippen molar-refractivity contribution >= 4 is 18.1 Å². The van der Waals surface area contributed by atoms with Gasteiger partial charge in [-0.1, -0.05) is 12.1 Å². The van der Waals surface area contributed by atoms with Crippen LogP contribution in [0, 0.1) is 5.92 Å². The molecule has 0 saturated heterocycles. The average Bonchev–Trinajstić information content (AvgIpc) is 2.61. The van der Waals surface area contributed by atoms with E-state index in [1.807, 2.05) is 12.1 Å². The molecule has 0 unspecified atom stereocenters. The number of nitrogens with zero attached hydrogens (tertiary/aromatic N) is 1. The molecule has 132 valence electrons. The highest BCUT2D eigenvalue weighted by molar-refractivity contribution is 5.54. The van der Waals surface area contributed by atoms with Gasteiger partial charge in [0.2, 0.25) is 0 Å². The molecule has 2 aromatic rings. The van der Waals surface area contributed by atoms with E-state index >= 15 is 0 Å². The third kappa shape index (κ3) is 4.75. The van der Waals surface area contributed by atoms with Crippen LogP contribution in [0.1, 0.15) is 42.7 Å². The summed E-state index contributed by atoms with van der Waals surface area (Å²) in [5.74, 6) is 2.25. The van der Waals surface area contributed by atoms with E-state index in [1.165, 1.54) is 31.2 Å².